The number of aromatic carboxylic acids is 1. The molecule has 1 aromatic rings. The van der Waals surface area contributed by atoms with E-state index in [0.29, 0.717) is 10.4 Å². The Hall–Kier alpha value is -2.46. The summed E-state index contributed by atoms with van der Waals surface area (Å²) in [6, 6.07) is 0. The number of fused-ring (bicyclic) bond motifs is 1. The van der Waals surface area contributed by atoms with Crippen LogP contribution in [0.15, 0.2) is 0 Å². The Kier molecular flexibility index (Phi) is 6.30. The molecule has 0 spiro atoms. The van der Waals surface area contributed by atoms with Gasteiger partial charge in [-0.3, -0.25) is 9.59 Å². The predicted molar refractivity (Wildman–Crippen MR) is 99.4 cm³/mol. The van der Waals surface area contributed by atoms with E-state index in [1.54, 1.807) is 0 Å². The summed E-state index contributed by atoms with van der Waals surface area (Å²) in [6.45, 7) is 0.424. The van der Waals surface area contributed by atoms with Gasteiger partial charge < -0.3 is 25.6 Å². The van der Waals surface area contributed by atoms with Gasteiger partial charge in [-0.25, -0.2) is 9.59 Å². The second-order valence-electron chi connectivity index (χ2n) is 6.99. The molecule has 152 valence electrons. The number of hydrogen-bond donors (Lipinski definition) is 4. The van der Waals surface area contributed by atoms with E-state index in [0.717, 1.165) is 43.4 Å². The molecule has 28 heavy (non-hydrogen) atoms. The number of ether oxygens (including phenoxy) is 1. The molecule has 1 saturated carbocycles. The standard InChI is InChI=1S/C18H22N2O7S/c21-14(9-4-2-1-3-5-9)19-7-10-6-11-12(8-27-10)28-16(13(11)17(23)24)20-15(22)18(25)26/h9-10H,1-8H2,(H,19,21)(H,20,22)(H,23,24)(H,25,26). The van der Waals surface area contributed by atoms with E-state index < -0.39 is 17.8 Å². The summed E-state index contributed by atoms with van der Waals surface area (Å²) >= 11 is 0.997. The number of nitrogens with one attached hydrogen (secondary N) is 2. The van der Waals surface area contributed by atoms with Gasteiger partial charge in [0.25, 0.3) is 0 Å². The second-order valence-corrected chi connectivity index (χ2v) is 8.09. The maximum Gasteiger partial charge on any atom is 0.394 e. The topological polar surface area (TPSA) is 142 Å². The molecule has 2 amide bonds. The Bertz CT molecular complexity index is 798. The molecule has 0 radical (unpaired) electrons. The molecule has 0 saturated heterocycles. The molecule has 2 heterocycles. The van der Waals surface area contributed by atoms with Crippen LogP contribution in [0.1, 0.15) is 52.9 Å². The zero-order valence-electron chi connectivity index (χ0n) is 15.2. The first-order valence-electron chi connectivity index (χ1n) is 9.18. The van der Waals surface area contributed by atoms with E-state index in [-0.39, 0.29) is 48.1 Å². The van der Waals surface area contributed by atoms with Gasteiger partial charge in [-0.1, -0.05) is 19.3 Å². The number of thiophene rings is 1. The van der Waals surface area contributed by atoms with E-state index in [4.69, 9.17) is 9.84 Å². The van der Waals surface area contributed by atoms with E-state index in [9.17, 15) is 24.3 Å². The van der Waals surface area contributed by atoms with E-state index >= 15 is 0 Å². The zero-order chi connectivity index (χ0) is 20.3. The van der Waals surface area contributed by atoms with Crippen molar-refractivity contribution in [1.82, 2.24) is 5.32 Å². The number of rotatable bonds is 5. The summed E-state index contributed by atoms with van der Waals surface area (Å²) in [4.78, 5) is 46.8. The van der Waals surface area contributed by atoms with Crippen molar-refractivity contribution in [3.8, 4) is 0 Å². The van der Waals surface area contributed by atoms with Crippen molar-refractivity contribution >= 4 is 40.1 Å². The van der Waals surface area contributed by atoms with Gasteiger partial charge in [0.15, 0.2) is 0 Å². The summed E-state index contributed by atoms with van der Waals surface area (Å²) in [7, 11) is 0. The molecule has 3 rings (SSSR count). The van der Waals surface area contributed by atoms with Crippen LogP contribution in [0.2, 0.25) is 0 Å². The number of carbonyl (C=O) groups is 4. The monoisotopic (exact) mass is 410 g/mol. The third kappa shape index (κ3) is 4.50. The van der Waals surface area contributed by atoms with Gasteiger partial charge in [0.1, 0.15) is 5.00 Å². The number of amides is 2. The van der Waals surface area contributed by atoms with Crippen LogP contribution in [0.25, 0.3) is 0 Å². The van der Waals surface area contributed by atoms with Crippen molar-refractivity contribution in [3.63, 3.8) is 0 Å². The van der Waals surface area contributed by atoms with Crippen molar-refractivity contribution in [2.24, 2.45) is 5.92 Å². The van der Waals surface area contributed by atoms with Crippen LogP contribution in [0.3, 0.4) is 0 Å². The highest BCUT2D eigenvalue weighted by Gasteiger charge is 2.31. The van der Waals surface area contributed by atoms with Gasteiger partial charge >= 0.3 is 17.8 Å². The fourth-order valence-electron chi connectivity index (χ4n) is 3.65. The Labute approximate surface area is 165 Å². The molecule has 10 heteroatoms. The number of anilines is 1. The number of carbonyl (C=O) groups excluding carboxylic acids is 2. The zero-order valence-corrected chi connectivity index (χ0v) is 16.0. The molecular formula is C18H22N2O7S. The van der Waals surface area contributed by atoms with Crippen LogP contribution in [-0.4, -0.2) is 46.6 Å². The van der Waals surface area contributed by atoms with Crippen molar-refractivity contribution in [3.05, 3.63) is 16.0 Å². The van der Waals surface area contributed by atoms with Crippen LogP contribution in [-0.2, 0) is 32.1 Å². The van der Waals surface area contributed by atoms with Crippen molar-refractivity contribution < 1.29 is 34.1 Å². The molecule has 1 aliphatic heterocycles. The average molecular weight is 410 g/mol. The largest absolute Gasteiger partial charge is 0.478 e. The predicted octanol–water partition coefficient (Wildman–Crippen LogP) is 1.61. The third-order valence-electron chi connectivity index (χ3n) is 5.09. The molecular weight excluding hydrogens is 388 g/mol. The van der Waals surface area contributed by atoms with Crippen LogP contribution in [0.5, 0.6) is 0 Å². The third-order valence-corrected chi connectivity index (χ3v) is 6.21. The summed E-state index contributed by atoms with van der Waals surface area (Å²) in [6.07, 6.45) is 4.95. The maximum atomic E-state index is 12.3. The first-order chi connectivity index (χ1) is 13.4. The Balaban J connectivity index is 1.67. The minimum absolute atomic E-state index is 0.00674. The van der Waals surface area contributed by atoms with Crippen LogP contribution >= 0.6 is 11.3 Å². The average Bonchev–Trinajstić information content (AvgIpc) is 3.03. The lowest BCUT2D eigenvalue weighted by molar-refractivity contribution is -0.147. The van der Waals surface area contributed by atoms with E-state index in [1.165, 1.54) is 0 Å². The Morgan fingerprint density at radius 3 is 2.46 bits per heavy atom. The lowest BCUT2D eigenvalue weighted by atomic mass is 9.88. The van der Waals surface area contributed by atoms with Crippen molar-refractivity contribution in [2.75, 3.05) is 11.9 Å². The first-order valence-corrected chi connectivity index (χ1v) is 10.00. The van der Waals surface area contributed by atoms with E-state index in [1.807, 2.05) is 0 Å². The highest BCUT2D eigenvalue weighted by atomic mass is 32.1. The molecule has 2 aliphatic rings. The number of carboxylic acids is 2. The highest BCUT2D eigenvalue weighted by molar-refractivity contribution is 7.17. The molecule has 0 aromatic carbocycles. The number of hydrogen-bond acceptors (Lipinski definition) is 6. The van der Waals surface area contributed by atoms with Crippen molar-refractivity contribution in [1.29, 1.82) is 0 Å². The van der Waals surface area contributed by atoms with Crippen LogP contribution < -0.4 is 10.6 Å². The summed E-state index contributed by atoms with van der Waals surface area (Å²) in [5.74, 6) is -4.19. The molecule has 9 nitrogen and oxygen atoms in total. The van der Waals surface area contributed by atoms with Gasteiger partial charge in [0.05, 0.1) is 18.3 Å². The quantitative estimate of drug-likeness (QED) is 0.540. The summed E-state index contributed by atoms with van der Waals surface area (Å²) < 4.78 is 5.72. The highest BCUT2D eigenvalue weighted by Crippen LogP contribution is 2.37. The Morgan fingerprint density at radius 1 is 1.11 bits per heavy atom. The minimum atomic E-state index is -1.69. The summed E-state index contributed by atoms with van der Waals surface area (Å²) in [5, 5.41) is 23.3. The van der Waals surface area contributed by atoms with Gasteiger partial charge in [-0.05, 0) is 18.4 Å². The SMILES string of the molecule is O=C(O)C(=O)Nc1sc2c(c1C(=O)O)CC(CNC(=O)C1CCCCC1)OC2. The fraction of sp³-hybridized carbons (Fsp3) is 0.556. The number of aliphatic carboxylic acids is 1. The van der Waals surface area contributed by atoms with Gasteiger partial charge in [-0.15, -0.1) is 11.3 Å². The number of carboxylic acid groups (broad SMARTS) is 2. The lowest BCUT2D eigenvalue weighted by Gasteiger charge is -2.26. The lowest BCUT2D eigenvalue weighted by Crippen LogP contribution is -2.40. The van der Waals surface area contributed by atoms with E-state index in [2.05, 4.69) is 10.6 Å². The molecule has 1 fully saturated rings. The normalized spacial score (nSPS) is 19.5. The molecule has 4 N–H and O–H groups in total. The van der Waals surface area contributed by atoms with Gasteiger partial charge in [0.2, 0.25) is 5.91 Å². The first kappa shape index (κ1) is 20.3. The second kappa shape index (κ2) is 8.70. The summed E-state index contributed by atoms with van der Waals surface area (Å²) in [5.41, 5.74) is 0.405. The molecule has 0 bridgehead atoms. The molecule has 1 atom stereocenters. The van der Waals surface area contributed by atoms with Gasteiger partial charge in [0, 0.05) is 23.8 Å². The minimum Gasteiger partial charge on any atom is -0.478 e. The molecule has 1 aromatic heterocycles. The molecule has 1 unspecified atom stereocenters. The van der Waals surface area contributed by atoms with Crippen molar-refractivity contribution in [2.45, 2.75) is 51.2 Å². The van der Waals surface area contributed by atoms with Crippen LogP contribution in [0.4, 0.5) is 5.00 Å². The van der Waals surface area contributed by atoms with Crippen LogP contribution in [0, 0.1) is 5.92 Å². The maximum absolute atomic E-state index is 12.3. The fourth-order valence-corrected chi connectivity index (χ4v) is 4.79. The van der Waals surface area contributed by atoms with Gasteiger partial charge in [-0.2, -0.15) is 0 Å². The Morgan fingerprint density at radius 2 is 1.82 bits per heavy atom. The molecule has 1 aliphatic carbocycles. The smallest absolute Gasteiger partial charge is 0.394 e.